The van der Waals surface area contributed by atoms with Gasteiger partial charge in [-0.25, -0.2) is 9.97 Å². The molecular formula is C12H8N6O. The molecule has 0 aliphatic heterocycles. The molecule has 92 valence electrons. The Hall–Kier alpha value is -2.96. The van der Waals surface area contributed by atoms with Crippen molar-refractivity contribution >= 4 is 6.29 Å². The molecule has 7 heteroatoms. The zero-order chi connectivity index (χ0) is 13.1. The average Bonchev–Trinajstić information content (AvgIpc) is 3.02. The summed E-state index contributed by atoms with van der Waals surface area (Å²) >= 11 is 0. The lowest BCUT2D eigenvalue weighted by atomic mass is 10.2. The van der Waals surface area contributed by atoms with Crippen LogP contribution in [0.2, 0.25) is 0 Å². The third-order valence-corrected chi connectivity index (χ3v) is 2.43. The molecule has 0 saturated carbocycles. The zero-order valence-electron chi connectivity index (χ0n) is 9.71. The molecular weight excluding hydrogens is 244 g/mol. The number of nitrogens with zero attached hydrogens (tertiary/aromatic N) is 6. The van der Waals surface area contributed by atoms with Gasteiger partial charge in [0.25, 0.3) is 0 Å². The van der Waals surface area contributed by atoms with Gasteiger partial charge in [-0.3, -0.25) is 9.78 Å². The van der Waals surface area contributed by atoms with Gasteiger partial charge in [-0.1, -0.05) is 6.07 Å². The second-order valence-electron chi connectivity index (χ2n) is 3.61. The van der Waals surface area contributed by atoms with E-state index >= 15 is 0 Å². The Labute approximate surface area is 108 Å². The van der Waals surface area contributed by atoms with Crippen LogP contribution in [0.5, 0.6) is 0 Å². The Kier molecular flexibility index (Phi) is 2.77. The van der Waals surface area contributed by atoms with Crippen molar-refractivity contribution in [3.63, 3.8) is 0 Å². The van der Waals surface area contributed by atoms with Crippen molar-refractivity contribution in [2.24, 2.45) is 0 Å². The minimum absolute atomic E-state index is 0.231. The summed E-state index contributed by atoms with van der Waals surface area (Å²) in [5.74, 6) is 0.427. The van der Waals surface area contributed by atoms with Crippen LogP contribution in [0.4, 0.5) is 0 Å². The monoisotopic (exact) mass is 252 g/mol. The Balaban J connectivity index is 2.16. The van der Waals surface area contributed by atoms with Crippen molar-refractivity contribution in [2.45, 2.75) is 0 Å². The van der Waals surface area contributed by atoms with E-state index in [9.17, 15) is 4.79 Å². The van der Waals surface area contributed by atoms with Crippen LogP contribution in [0.3, 0.4) is 0 Å². The van der Waals surface area contributed by atoms with E-state index in [4.69, 9.17) is 0 Å². The molecule has 0 aromatic carbocycles. The van der Waals surface area contributed by atoms with Crippen LogP contribution in [-0.4, -0.2) is 36.2 Å². The van der Waals surface area contributed by atoms with Crippen LogP contribution in [0.15, 0.2) is 43.0 Å². The normalized spacial score (nSPS) is 10.3. The van der Waals surface area contributed by atoms with Gasteiger partial charge in [0.2, 0.25) is 0 Å². The number of carbonyl (C=O) groups is 1. The highest BCUT2D eigenvalue weighted by Crippen LogP contribution is 2.17. The van der Waals surface area contributed by atoms with Gasteiger partial charge in [-0.05, 0) is 12.1 Å². The molecule has 0 atom stereocenters. The van der Waals surface area contributed by atoms with E-state index in [2.05, 4.69) is 25.1 Å². The molecule has 0 aliphatic carbocycles. The number of pyridine rings is 1. The predicted octanol–water partition coefficient (Wildman–Crippen LogP) is 0.932. The molecule has 3 rings (SSSR count). The van der Waals surface area contributed by atoms with Crippen LogP contribution in [0, 0.1) is 0 Å². The highest BCUT2D eigenvalue weighted by Gasteiger charge is 2.11. The van der Waals surface area contributed by atoms with Crippen molar-refractivity contribution in [3.05, 3.63) is 48.7 Å². The number of rotatable bonds is 3. The fraction of sp³-hybridized carbons (Fsp3) is 0. The maximum atomic E-state index is 11.0. The van der Waals surface area contributed by atoms with E-state index in [1.807, 2.05) is 6.07 Å². The van der Waals surface area contributed by atoms with Gasteiger partial charge in [0.1, 0.15) is 11.4 Å². The summed E-state index contributed by atoms with van der Waals surface area (Å²) in [6.07, 6.45) is 6.80. The second kappa shape index (κ2) is 4.73. The van der Waals surface area contributed by atoms with Crippen LogP contribution in [-0.2, 0) is 0 Å². The molecule has 3 aromatic rings. The number of hydrogen-bond donors (Lipinski definition) is 0. The smallest absolute Gasteiger partial charge is 0.193 e. The first-order chi connectivity index (χ1) is 9.38. The molecule has 0 fully saturated rings. The maximum absolute atomic E-state index is 11.0. The quantitative estimate of drug-likeness (QED) is 0.644. The van der Waals surface area contributed by atoms with Gasteiger partial charge in [0.05, 0.1) is 24.3 Å². The molecule has 19 heavy (non-hydrogen) atoms. The molecule has 0 aliphatic rings. The SMILES string of the molecule is O=Cc1ncc(-n2nccn2)nc1-c1ccccn1. The topological polar surface area (TPSA) is 86.5 Å². The summed E-state index contributed by atoms with van der Waals surface area (Å²) in [6.45, 7) is 0. The fourth-order valence-corrected chi connectivity index (χ4v) is 1.60. The summed E-state index contributed by atoms with van der Waals surface area (Å²) in [4.78, 5) is 24.9. The minimum Gasteiger partial charge on any atom is -0.296 e. The Morgan fingerprint density at radius 2 is 1.89 bits per heavy atom. The van der Waals surface area contributed by atoms with Crippen molar-refractivity contribution in [3.8, 4) is 17.2 Å². The number of carbonyl (C=O) groups excluding carboxylic acids is 1. The Bertz CT molecular complexity index is 696. The van der Waals surface area contributed by atoms with Gasteiger partial charge in [-0.2, -0.15) is 10.2 Å². The maximum Gasteiger partial charge on any atom is 0.193 e. The average molecular weight is 252 g/mol. The van der Waals surface area contributed by atoms with Crippen molar-refractivity contribution in [1.29, 1.82) is 0 Å². The minimum atomic E-state index is 0.231. The number of hydrogen-bond acceptors (Lipinski definition) is 6. The lowest BCUT2D eigenvalue weighted by Gasteiger charge is -2.04. The zero-order valence-corrected chi connectivity index (χ0v) is 9.71. The third-order valence-electron chi connectivity index (χ3n) is 2.43. The summed E-state index contributed by atoms with van der Waals surface area (Å²) in [5.41, 5.74) is 1.21. The van der Waals surface area contributed by atoms with E-state index in [0.29, 0.717) is 23.5 Å². The molecule has 0 unspecified atom stereocenters. The number of aromatic nitrogens is 6. The first-order valence-corrected chi connectivity index (χ1v) is 5.49. The summed E-state index contributed by atoms with van der Waals surface area (Å²) in [7, 11) is 0. The van der Waals surface area contributed by atoms with E-state index in [1.165, 1.54) is 23.4 Å². The molecule has 3 aromatic heterocycles. The van der Waals surface area contributed by atoms with E-state index < -0.39 is 0 Å². The second-order valence-corrected chi connectivity index (χ2v) is 3.61. The van der Waals surface area contributed by atoms with Crippen LogP contribution in [0.25, 0.3) is 17.2 Å². The molecule has 0 amide bonds. The van der Waals surface area contributed by atoms with E-state index in [-0.39, 0.29) is 5.69 Å². The first kappa shape index (κ1) is 11.1. The molecule has 0 N–H and O–H groups in total. The lowest BCUT2D eigenvalue weighted by molar-refractivity contribution is 0.111. The van der Waals surface area contributed by atoms with Crippen LogP contribution in [0.1, 0.15) is 10.5 Å². The first-order valence-electron chi connectivity index (χ1n) is 5.49. The van der Waals surface area contributed by atoms with Crippen molar-refractivity contribution < 1.29 is 4.79 Å². The molecule has 3 heterocycles. The molecule has 0 spiro atoms. The molecule has 0 bridgehead atoms. The fourth-order valence-electron chi connectivity index (χ4n) is 1.60. The van der Waals surface area contributed by atoms with Crippen molar-refractivity contribution in [2.75, 3.05) is 0 Å². The molecule has 0 saturated heterocycles. The van der Waals surface area contributed by atoms with Gasteiger partial charge >= 0.3 is 0 Å². The molecule has 0 radical (unpaired) electrons. The van der Waals surface area contributed by atoms with E-state index in [1.54, 1.807) is 18.3 Å². The standard InChI is InChI=1S/C12H8N6O/c19-8-10-12(9-3-1-2-4-13-9)17-11(7-14-10)18-15-5-6-16-18/h1-8H. The Morgan fingerprint density at radius 1 is 1.05 bits per heavy atom. The van der Waals surface area contributed by atoms with Gasteiger partial charge in [0, 0.05) is 6.20 Å². The van der Waals surface area contributed by atoms with Crippen LogP contribution >= 0.6 is 0 Å². The van der Waals surface area contributed by atoms with Crippen molar-refractivity contribution in [1.82, 2.24) is 29.9 Å². The van der Waals surface area contributed by atoms with Gasteiger partial charge in [-0.15, -0.1) is 4.80 Å². The largest absolute Gasteiger partial charge is 0.296 e. The predicted molar refractivity (Wildman–Crippen MR) is 65.6 cm³/mol. The summed E-state index contributed by atoms with van der Waals surface area (Å²) in [5, 5.41) is 7.94. The Morgan fingerprint density at radius 3 is 2.58 bits per heavy atom. The van der Waals surface area contributed by atoms with Gasteiger partial charge in [0.15, 0.2) is 12.1 Å². The highest BCUT2D eigenvalue weighted by atomic mass is 16.1. The third kappa shape index (κ3) is 2.08. The summed E-state index contributed by atoms with van der Waals surface area (Å²) in [6, 6.07) is 5.37. The lowest BCUT2D eigenvalue weighted by Crippen LogP contribution is -2.06. The number of aldehydes is 1. The summed E-state index contributed by atoms with van der Waals surface area (Å²) < 4.78 is 0. The highest BCUT2D eigenvalue weighted by molar-refractivity contribution is 5.82. The van der Waals surface area contributed by atoms with Gasteiger partial charge < -0.3 is 0 Å². The molecule has 7 nitrogen and oxygen atoms in total. The van der Waals surface area contributed by atoms with E-state index in [0.717, 1.165) is 0 Å². The van der Waals surface area contributed by atoms with Crippen LogP contribution < -0.4 is 0 Å².